The van der Waals surface area contributed by atoms with Crippen molar-refractivity contribution in [3.8, 4) is 0 Å². The predicted molar refractivity (Wildman–Crippen MR) is 53.3 cm³/mol. The lowest BCUT2D eigenvalue weighted by molar-refractivity contribution is 0.579. The summed E-state index contributed by atoms with van der Waals surface area (Å²) in [5, 5.41) is 3.52. The molecule has 1 aromatic heterocycles. The van der Waals surface area contributed by atoms with Crippen molar-refractivity contribution in [2.75, 3.05) is 6.54 Å². The Morgan fingerprint density at radius 1 is 1.38 bits per heavy atom. The molecule has 2 atom stereocenters. The van der Waals surface area contributed by atoms with Crippen molar-refractivity contribution in [1.82, 2.24) is 10.3 Å². The quantitative estimate of drug-likeness (QED) is 0.667. The van der Waals surface area contributed by atoms with E-state index < -0.39 is 0 Å². The molecule has 2 aliphatic rings. The zero-order valence-corrected chi connectivity index (χ0v) is 7.59. The summed E-state index contributed by atoms with van der Waals surface area (Å²) in [6, 6.07) is 2.81. The largest absolute Gasteiger partial charge is 0.367 e. The fourth-order valence-electron chi connectivity index (χ4n) is 2.49. The molecule has 2 nitrogen and oxygen atoms in total. The van der Waals surface area contributed by atoms with Gasteiger partial charge in [-0.15, -0.1) is 0 Å². The van der Waals surface area contributed by atoms with Gasteiger partial charge in [0.15, 0.2) is 0 Å². The van der Waals surface area contributed by atoms with Crippen LogP contribution in [-0.2, 0) is 0 Å². The molecule has 0 amide bonds. The molecule has 1 saturated heterocycles. The summed E-state index contributed by atoms with van der Waals surface area (Å²) in [4.78, 5) is 3.12. The van der Waals surface area contributed by atoms with Crippen LogP contribution >= 0.6 is 0 Å². The number of nitrogens with one attached hydrogen (secondary N) is 2. The maximum Gasteiger partial charge on any atom is 0.0259 e. The van der Waals surface area contributed by atoms with E-state index >= 15 is 0 Å². The normalized spacial score (nSPS) is 31.8. The summed E-state index contributed by atoms with van der Waals surface area (Å²) < 4.78 is 0. The van der Waals surface area contributed by atoms with E-state index in [1.54, 1.807) is 0 Å². The van der Waals surface area contributed by atoms with Crippen molar-refractivity contribution >= 4 is 5.57 Å². The molecule has 0 spiro atoms. The number of aromatic amines is 1. The molecule has 0 aromatic carbocycles. The molecule has 13 heavy (non-hydrogen) atoms. The van der Waals surface area contributed by atoms with E-state index in [1.807, 2.05) is 6.20 Å². The van der Waals surface area contributed by atoms with E-state index in [0.29, 0.717) is 6.04 Å². The van der Waals surface area contributed by atoms with Gasteiger partial charge >= 0.3 is 0 Å². The van der Waals surface area contributed by atoms with Gasteiger partial charge in [-0.3, -0.25) is 0 Å². The molecule has 0 radical (unpaired) electrons. The Morgan fingerprint density at radius 3 is 3.15 bits per heavy atom. The number of rotatable bonds is 1. The van der Waals surface area contributed by atoms with Crippen molar-refractivity contribution in [1.29, 1.82) is 0 Å². The van der Waals surface area contributed by atoms with Crippen LogP contribution < -0.4 is 5.32 Å². The highest BCUT2D eigenvalue weighted by Crippen LogP contribution is 2.33. The van der Waals surface area contributed by atoms with Crippen molar-refractivity contribution in [3.63, 3.8) is 0 Å². The van der Waals surface area contributed by atoms with E-state index in [4.69, 9.17) is 0 Å². The lowest BCUT2D eigenvalue weighted by Crippen LogP contribution is -2.18. The molecule has 2 heterocycles. The fourth-order valence-corrected chi connectivity index (χ4v) is 2.49. The Hall–Kier alpha value is -1.02. The number of H-pyrrole nitrogens is 1. The van der Waals surface area contributed by atoms with Gasteiger partial charge in [-0.1, -0.05) is 6.08 Å². The zero-order valence-electron chi connectivity index (χ0n) is 7.59. The van der Waals surface area contributed by atoms with Gasteiger partial charge in [0.2, 0.25) is 0 Å². The van der Waals surface area contributed by atoms with Gasteiger partial charge in [-0.25, -0.2) is 0 Å². The third-order valence-electron chi connectivity index (χ3n) is 3.14. The summed E-state index contributed by atoms with van der Waals surface area (Å²) in [5.41, 5.74) is 2.89. The molecular weight excluding hydrogens is 160 g/mol. The molecule has 2 heteroatoms. The molecule has 2 bridgehead atoms. The average Bonchev–Trinajstić information content (AvgIpc) is 2.75. The molecule has 68 valence electrons. The van der Waals surface area contributed by atoms with Gasteiger partial charge in [0.1, 0.15) is 0 Å². The molecule has 1 aliphatic heterocycles. The van der Waals surface area contributed by atoms with Crippen LogP contribution in [-0.4, -0.2) is 17.6 Å². The number of allylic oxidation sites excluding steroid dienone is 1. The number of hydrogen-bond donors (Lipinski definition) is 2. The summed E-state index contributed by atoms with van der Waals surface area (Å²) in [6.45, 7) is 1.20. The van der Waals surface area contributed by atoms with Gasteiger partial charge in [-0.05, 0) is 42.5 Å². The van der Waals surface area contributed by atoms with Crippen molar-refractivity contribution in [3.05, 3.63) is 30.1 Å². The Labute approximate surface area is 78.0 Å². The van der Waals surface area contributed by atoms with E-state index in [-0.39, 0.29) is 0 Å². The van der Waals surface area contributed by atoms with Gasteiger partial charge in [0, 0.05) is 18.4 Å². The third kappa shape index (κ3) is 1.22. The minimum Gasteiger partial charge on any atom is -0.367 e. The maximum atomic E-state index is 3.52. The van der Waals surface area contributed by atoms with Gasteiger partial charge < -0.3 is 10.3 Å². The summed E-state index contributed by atoms with van der Waals surface area (Å²) in [6.07, 6.45) is 9.08. The Morgan fingerprint density at radius 2 is 2.38 bits per heavy atom. The second-order valence-electron chi connectivity index (χ2n) is 4.11. The van der Waals surface area contributed by atoms with Crippen molar-refractivity contribution in [2.24, 2.45) is 5.92 Å². The summed E-state index contributed by atoms with van der Waals surface area (Å²) in [7, 11) is 0. The smallest absolute Gasteiger partial charge is 0.0259 e. The standard InChI is InChI=1S/C11H14N2/c1-2-12-7-9(1)10-3-8-4-11(5-10)13-6-8/h1-2,5,7-8,11-13H,3-4,6H2. The highest BCUT2D eigenvalue weighted by Gasteiger charge is 2.28. The molecule has 1 fully saturated rings. The van der Waals surface area contributed by atoms with E-state index in [2.05, 4.69) is 28.6 Å². The Kier molecular flexibility index (Phi) is 1.56. The Bertz CT molecular complexity index is 324. The Balaban J connectivity index is 1.93. The second-order valence-corrected chi connectivity index (χ2v) is 4.11. The molecule has 0 saturated carbocycles. The lowest BCUT2D eigenvalue weighted by Gasteiger charge is -2.17. The highest BCUT2D eigenvalue weighted by molar-refractivity contribution is 5.67. The maximum absolute atomic E-state index is 3.52. The molecule has 2 unspecified atom stereocenters. The molecule has 1 aliphatic carbocycles. The first-order chi connectivity index (χ1) is 6.42. The monoisotopic (exact) mass is 174 g/mol. The van der Waals surface area contributed by atoms with Crippen LogP contribution in [0.1, 0.15) is 18.4 Å². The first kappa shape index (κ1) is 7.39. The molecular formula is C11H14N2. The van der Waals surface area contributed by atoms with Crippen LogP contribution in [0.5, 0.6) is 0 Å². The van der Waals surface area contributed by atoms with Crippen LogP contribution in [0, 0.1) is 5.92 Å². The van der Waals surface area contributed by atoms with Crippen molar-refractivity contribution < 1.29 is 0 Å². The predicted octanol–water partition coefficient (Wildman–Crippen LogP) is 1.78. The zero-order chi connectivity index (χ0) is 8.67. The highest BCUT2D eigenvalue weighted by atomic mass is 14.9. The summed E-state index contributed by atoms with van der Waals surface area (Å²) >= 11 is 0. The number of hydrogen-bond acceptors (Lipinski definition) is 1. The summed E-state index contributed by atoms with van der Waals surface area (Å²) in [5.74, 6) is 0.875. The van der Waals surface area contributed by atoms with Gasteiger partial charge in [-0.2, -0.15) is 0 Å². The molecule has 1 aromatic rings. The average molecular weight is 174 g/mol. The minimum atomic E-state index is 0.642. The SMILES string of the molecule is C1=C(c2cc[nH]c2)CC2CNC1C2. The van der Waals surface area contributed by atoms with Crippen LogP contribution in [0.3, 0.4) is 0 Å². The van der Waals surface area contributed by atoms with Crippen molar-refractivity contribution in [2.45, 2.75) is 18.9 Å². The lowest BCUT2D eigenvalue weighted by atomic mass is 9.87. The molecule has 3 rings (SSSR count). The van der Waals surface area contributed by atoms with Gasteiger partial charge in [0.25, 0.3) is 0 Å². The van der Waals surface area contributed by atoms with Crippen LogP contribution in [0.4, 0.5) is 0 Å². The topological polar surface area (TPSA) is 27.8 Å². The minimum absolute atomic E-state index is 0.642. The number of aromatic nitrogens is 1. The van der Waals surface area contributed by atoms with E-state index in [0.717, 1.165) is 5.92 Å². The second kappa shape index (κ2) is 2.74. The first-order valence-electron chi connectivity index (χ1n) is 4.99. The fraction of sp³-hybridized carbons (Fsp3) is 0.455. The first-order valence-corrected chi connectivity index (χ1v) is 4.99. The number of fused-ring (bicyclic) bond motifs is 2. The third-order valence-corrected chi connectivity index (χ3v) is 3.14. The molecule has 2 N–H and O–H groups in total. The van der Waals surface area contributed by atoms with E-state index in [1.165, 1.54) is 30.5 Å². The van der Waals surface area contributed by atoms with Crippen LogP contribution in [0.15, 0.2) is 24.5 Å². The van der Waals surface area contributed by atoms with Crippen LogP contribution in [0.2, 0.25) is 0 Å². The van der Waals surface area contributed by atoms with Gasteiger partial charge in [0.05, 0.1) is 0 Å². The van der Waals surface area contributed by atoms with E-state index in [9.17, 15) is 0 Å². The van der Waals surface area contributed by atoms with Crippen LogP contribution in [0.25, 0.3) is 5.57 Å².